The first-order valence-corrected chi connectivity index (χ1v) is 4.29. The maximum Gasteiger partial charge on any atom is 0.142 e. The second kappa shape index (κ2) is 4.72. The van der Waals surface area contributed by atoms with E-state index in [2.05, 4.69) is 18.3 Å². The van der Waals surface area contributed by atoms with Gasteiger partial charge in [-0.1, -0.05) is 12.1 Å². The summed E-state index contributed by atoms with van der Waals surface area (Å²) in [6, 6.07) is 6.09. The smallest absolute Gasteiger partial charge is 0.142 e. The lowest BCUT2D eigenvalue weighted by atomic mass is 10.1. The average Bonchev–Trinajstić information content (AvgIpc) is 2.22. The molecule has 0 aliphatic carbocycles. The van der Waals surface area contributed by atoms with E-state index in [9.17, 15) is 0 Å². The first-order valence-electron chi connectivity index (χ1n) is 4.29. The standard InChI is InChI=1S/C9H11NO.CH4O/c1-7-3-2-4-8-9(7)10-5-6-11-8;1-2/h2-4,10H,5-6H2,1H3;2H,1H3. The molecule has 0 unspecified atom stereocenters. The van der Waals surface area contributed by atoms with Crippen LogP contribution >= 0.6 is 0 Å². The van der Waals surface area contributed by atoms with Gasteiger partial charge in [0.15, 0.2) is 0 Å². The Morgan fingerprint density at radius 2 is 2.15 bits per heavy atom. The van der Waals surface area contributed by atoms with Gasteiger partial charge in [-0.25, -0.2) is 0 Å². The lowest BCUT2D eigenvalue weighted by molar-refractivity contribution is 0.323. The van der Waals surface area contributed by atoms with Gasteiger partial charge in [0.05, 0.1) is 5.69 Å². The minimum Gasteiger partial charge on any atom is -0.490 e. The monoisotopic (exact) mass is 181 g/mol. The van der Waals surface area contributed by atoms with Crippen molar-refractivity contribution >= 4 is 5.69 Å². The van der Waals surface area contributed by atoms with Gasteiger partial charge in [-0.3, -0.25) is 0 Å². The maximum absolute atomic E-state index is 7.00. The molecule has 2 rings (SSSR count). The van der Waals surface area contributed by atoms with Gasteiger partial charge >= 0.3 is 0 Å². The summed E-state index contributed by atoms with van der Waals surface area (Å²) in [5.74, 6) is 0.983. The van der Waals surface area contributed by atoms with Gasteiger partial charge < -0.3 is 15.2 Å². The number of nitrogens with one attached hydrogen (secondary N) is 1. The van der Waals surface area contributed by atoms with Gasteiger partial charge in [0.25, 0.3) is 0 Å². The molecule has 0 saturated heterocycles. The van der Waals surface area contributed by atoms with E-state index in [0.29, 0.717) is 0 Å². The molecule has 2 N–H and O–H groups in total. The number of aliphatic hydroxyl groups is 1. The molecule has 1 heterocycles. The number of para-hydroxylation sites is 1. The number of aliphatic hydroxyl groups excluding tert-OH is 1. The van der Waals surface area contributed by atoms with Gasteiger partial charge in [0.2, 0.25) is 0 Å². The minimum absolute atomic E-state index is 0.774. The molecule has 3 nitrogen and oxygen atoms in total. The lowest BCUT2D eigenvalue weighted by Crippen LogP contribution is -2.18. The van der Waals surface area contributed by atoms with Crippen LogP contribution in [-0.4, -0.2) is 25.4 Å². The molecule has 3 heteroatoms. The van der Waals surface area contributed by atoms with Crippen LogP contribution in [0.25, 0.3) is 0 Å². The highest BCUT2D eigenvalue weighted by Crippen LogP contribution is 2.29. The van der Waals surface area contributed by atoms with Gasteiger partial charge in [-0.2, -0.15) is 0 Å². The molecule has 0 amide bonds. The van der Waals surface area contributed by atoms with Crippen LogP contribution in [0.3, 0.4) is 0 Å². The number of hydrogen-bond donors (Lipinski definition) is 2. The van der Waals surface area contributed by atoms with Crippen molar-refractivity contribution < 1.29 is 9.84 Å². The van der Waals surface area contributed by atoms with Crippen LogP contribution in [0, 0.1) is 6.92 Å². The number of hydrogen-bond acceptors (Lipinski definition) is 3. The van der Waals surface area contributed by atoms with Crippen molar-refractivity contribution in [2.24, 2.45) is 0 Å². The third kappa shape index (κ3) is 2.12. The van der Waals surface area contributed by atoms with Crippen LogP contribution in [0.4, 0.5) is 5.69 Å². The number of aryl methyl sites for hydroxylation is 1. The van der Waals surface area contributed by atoms with Crippen molar-refractivity contribution in [1.82, 2.24) is 0 Å². The largest absolute Gasteiger partial charge is 0.490 e. The molecule has 0 radical (unpaired) electrons. The van der Waals surface area contributed by atoms with Crippen molar-refractivity contribution in [3.63, 3.8) is 0 Å². The van der Waals surface area contributed by atoms with E-state index in [1.165, 1.54) is 5.56 Å². The van der Waals surface area contributed by atoms with Crippen LogP contribution in [-0.2, 0) is 0 Å². The highest BCUT2D eigenvalue weighted by Gasteiger charge is 2.09. The number of anilines is 1. The zero-order chi connectivity index (χ0) is 9.68. The molecular formula is C10H15NO2. The van der Waals surface area contributed by atoms with Gasteiger partial charge in [-0.05, 0) is 18.6 Å². The first-order chi connectivity index (χ1) is 6.38. The fraction of sp³-hybridized carbons (Fsp3) is 0.400. The Bertz CT molecular complexity index is 274. The van der Waals surface area contributed by atoms with E-state index in [1.54, 1.807) is 0 Å². The predicted octanol–water partition coefficient (Wildman–Crippen LogP) is 1.41. The summed E-state index contributed by atoms with van der Waals surface area (Å²) < 4.78 is 5.44. The van der Waals surface area contributed by atoms with Gasteiger partial charge in [0, 0.05) is 13.7 Å². The Morgan fingerprint density at radius 1 is 1.38 bits per heavy atom. The summed E-state index contributed by atoms with van der Waals surface area (Å²) in [7, 11) is 1.00. The van der Waals surface area contributed by atoms with Crippen LogP contribution < -0.4 is 10.1 Å². The molecule has 1 aliphatic heterocycles. The Kier molecular flexibility index (Phi) is 3.58. The van der Waals surface area contributed by atoms with E-state index in [0.717, 1.165) is 31.7 Å². The molecule has 0 atom stereocenters. The third-order valence-electron chi connectivity index (χ3n) is 1.90. The molecule has 1 aromatic carbocycles. The SMILES string of the molecule is CO.Cc1cccc2c1NCCO2. The first kappa shape index (κ1) is 9.86. The zero-order valence-corrected chi connectivity index (χ0v) is 8.00. The van der Waals surface area contributed by atoms with E-state index >= 15 is 0 Å². The molecule has 13 heavy (non-hydrogen) atoms. The van der Waals surface area contributed by atoms with Crippen LogP contribution in [0.5, 0.6) is 5.75 Å². The van der Waals surface area contributed by atoms with Crippen molar-refractivity contribution in [2.45, 2.75) is 6.92 Å². The van der Waals surface area contributed by atoms with Crippen molar-refractivity contribution in [1.29, 1.82) is 0 Å². The highest BCUT2D eigenvalue weighted by atomic mass is 16.5. The molecule has 72 valence electrons. The number of ether oxygens (including phenoxy) is 1. The normalized spacial score (nSPS) is 12.8. The van der Waals surface area contributed by atoms with E-state index in [-0.39, 0.29) is 0 Å². The van der Waals surface area contributed by atoms with E-state index in [4.69, 9.17) is 9.84 Å². The summed E-state index contributed by atoms with van der Waals surface area (Å²) in [5.41, 5.74) is 2.40. The van der Waals surface area contributed by atoms with Crippen molar-refractivity contribution in [3.05, 3.63) is 23.8 Å². The summed E-state index contributed by atoms with van der Waals surface area (Å²) in [6.07, 6.45) is 0. The summed E-state index contributed by atoms with van der Waals surface area (Å²) in [5, 5.41) is 10.3. The molecule has 1 aromatic rings. The Morgan fingerprint density at radius 3 is 2.85 bits per heavy atom. The summed E-state index contributed by atoms with van der Waals surface area (Å²) >= 11 is 0. The zero-order valence-electron chi connectivity index (χ0n) is 8.00. The van der Waals surface area contributed by atoms with Crippen molar-refractivity contribution in [2.75, 3.05) is 25.6 Å². The number of benzene rings is 1. The molecule has 1 aliphatic rings. The van der Waals surface area contributed by atoms with E-state index in [1.807, 2.05) is 12.1 Å². The second-order valence-corrected chi connectivity index (χ2v) is 2.72. The maximum atomic E-state index is 7.00. The molecule has 0 aromatic heterocycles. The summed E-state index contributed by atoms with van der Waals surface area (Å²) in [6.45, 7) is 3.77. The molecular weight excluding hydrogens is 166 g/mol. The molecule has 0 bridgehead atoms. The lowest BCUT2D eigenvalue weighted by Gasteiger charge is -2.20. The minimum atomic E-state index is 0.774. The van der Waals surface area contributed by atoms with Gasteiger partial charge in [-0.15, -0.1) is 0 Å². The summed E-state index contributed by atoms with van der Waals surface area (Å²) in [4.78, 5) is 0. The molecule has 0 fully saturated rings. The van der Waals surface area contributed by atoms with Crippen LogP contribution in [0.1, 0.15) is 5.56 Å². The number of fused-ring (bicyclic) bond motifs is 1. The molecule has 0 saturated carbocycles. The van der Waals surface area contributed by atoms with Crippen LogP contribution in [0.2, 0.25) is 0 Å². The highest BCUT2D eigenvalue weighted by molar-refractivity contribution is 5.62. The fourth-order valence-electron chi connectivity index (χ4n) is 1.32. The topological polar surface area (TPSA) is 41.5 Å². The predicted molar refractivity (Wildman–Crippen MR) is 53.3 cm³/mol. The third-order valence-corrected chi connectivity index (χ3v) is 1.90. The van der Waals surface area contributed by atoms with Gasteiger partial charge in [0.1, 0.15) is 12.4 Å². The number of rotatable bonds is 0. The second-order valence-electron chi connectivity index (χ2n) is 2.72. The quantitative estimate of drug-likeness (QED) is 0.635. The Balaban J connectivity index is 0.000000396. The Hall–Kier alpha value is -1.22. The van der Waals surface area contributed by atoms with Crippen LogP contribution in [0.15, 0.2) is 18.2 Å². The fourth-order valence-corrected chi connectivity index (χ4v) is 1.32. The van der Waals surface area contributed by atoms with Crippen molar-refractivity contribution in [3.8, 4) is 5.75 Å². The van der Waals surface area contributed by atoms with E-state index < -0.39 is 0 Å². The average molecular weight is 181 g/mol. The molecule has 0 spiro atoms. The Labute approximate surface area is 78.3 Å².